The zero-order valence-electron chi connectivity index (χ0n) is 21.0. The highest BCUT2D eigenvalue weighted by Crippen LogP contribution is 2.30. The van der Waals surface area contributed by atoms with Crippen molar-refractivity contribution < 1.29 is 4.92 Å². The molecule has 188 valence electrons. The van der Waals surface area contributed by atoms with Crippen LogP contribution in [0.4, 0.5) is 23.1 Å². The van der Waals surface area contributed by atoms with Gasteiger partial charge in [-0.2, -0.15) is 0 Å². The molecule has 0 spiro atoms. The molecule has 0 aliphatic carbocycles. The molecule has 2 rings (SSSR count). The second kappa shape index (κ2) is 16.8. The highest BCUT2D eigenvalue weighted by Gasteiger charge is 2.23. The van der Waals surface area contributed by atoms with Crippen LogP contribution in [0.1, 0.15) is 102 Å². The molecule has 0 fully saturated rings. The third-order valence-corrected chi connectivity index (χ3v) is 5.99. The molecule has 0 bridgehead atoms. The number of aryl methyl sites for hydroxylation is 1. The van der Waals surface area contributed by atoms with Crippen LogP contribution in [0.5, 0.6) is 0 Å². The third kappa shape index (κ3) is 10.9. The van der Waals surface area contributed by atoms with Crippen molar-refractivity contribution in [3.63, 3.8) is 0 Å². The van der Waals surface area contributed by atoms with E-state index >= 15 is 0 Å². The standard InChI is InChI=1S/C26H42N6O2/c1-3-4-5-6-7-8-9-10-11-12-13-14-15-16-19-27-25-24(32(33)34)26(30-21-29-25)31-23-18-17-22(2)20-28-23/h17-18,20-21H,3-16,19H2,1-2H3,(H2,27,28,29,30,31). The van der Waals surface area contributed by atoms with Crippen LogP contribution in [-0.4, -0.2) is 26.4 Å². The Morgan fingerprint density at radius 1 is 0.794 bits per heavy atom. The number of unbranched alkanes of at least 4 members (excludes halogenated alkanes) is 13. The number of aromatic nitrogens is 3. The number of rotatable bonds is 19. The smallest absolute Gasteiger partial charge is 0.353 e. The Morgan fingerprint density at radius 3 is 1.88 bits per heavy atom. The molecular formula is C26H42N6O2. The van der Waals surface area contributed by atoms with Gasteiger partial charge in [-0.15, -0.1) is 0 Å². The predicted octanol–water partition coefficient (Wildman–Crippen LogP) is 7.73. The van der Waals surface area contributed by atoms with Gasteiger partial charge in [-0.25, -0.2) is 15.0 Å². The van der Waals surface area contributed by atoms with Gasteiger partial charge in [0.1, 0.15) is 12.1 Å². The van der Waals surface area contributed by atoms with Crippen molar-refractivity contribution in [1.29, 1.82) is 0 Å². The fraction of sp³-hybridized carbons (Fsp3) is 0.654. The lowest BCUT2D eigenvalue weighted by Gasteiger charge is -2.10. The molecule has 2 aromatic heterocycles. The van der Waals surface area contributed by atoms with Gasteiger partial charge < -0.3 is 10.6 Å². The molecule has 2 aromatic rings. The summed E-state index contributed by atoms with van der Waals surface area (Å²) in [5.41, 5.74) is 0.855. The summed E-state index contributed by atoms with van der Waals surface area (Å²) in [6, 6.07) is 3.65. The van der Waals surface area contributed by atoms with Crippen LogP contribution in [0.2, 0.25) is 0 Å². The summed E-state index contributed by atoms with van der Waals surface area (Å²) in [5.74, 6) is 0.884. The first kappa shape index (κ1) is 27.5. The number of nitro groups is 1. The van der Waals surface area contributed by atoms with E-state index in [1.54, 1.807) is 12.3 Å². The Balaban J connectivity index is 1.61. The van der Waals surface area contributed by atoms with Crippen LogP contribution in [0.25, 0.3) is 0 Å². The second-order valence-electron chi connectivity index (χ2n) is 9.05. The minimum absolute atomic E-state index is 0.139. The molecule has 0 aromatic carbocycles. The van der Waals surface area contributed by atoms with Crippen molar-refractivity contribution in [1.82, 2.24) is 15.0 Å². The second-order valence-corrected chi connectivity index (χ2v) is 9.05. The summed E-state index contributed by atoms with van der Waals surface area (Å²) >= 11 is 0. The first-order valence-corrected chi connectivity index (χ1v) is 13.0. The van der Waals surface area contributed by atoms with Gasteiger partial charge in [0.05, 0.1) is 4.92 Å². The van der Waals surface area contributed by atoms with Crippen LogP contribution >= 0.6 is 0 Å². The predicted molar refractivity (Wildman–Crippen MR) is 140 cm³/mol. The highest BCUT2D eigenvalue weighted by atomic mass is 16.6. The third-order valence-electron chi connectivity index (χ3n) is 5.99. The average Bonchev–Trinajstić information content (AvgIpc) is 2.83. The molecule has 0 saturated heterocycles. The Labute approximate surface area is 204 Å². The topological polar surface area (TPSA) is 106 Å². The molecule has 0 saturated carbocycles. The Morgan fingerprint density at radius 2 is 1.35 bits per heavy atom. The average molecular weight is 471 g/mol. The van der Waals surface area contributed by atoms with Crippen LogP contribution in [0.15, 0.2) is 24.7 Å². The maximum Gasteiger partial charge on any atom is 0.353 e. The molecule has 0 aliphatic heterocycles. The minimum Gasteiger partial charge on any atom is -0.364 e. The zero-order valence-corrected chi connectivity index (χ0v) is 21.0. The van der Waals surface area contributed by atoms with Gasteiger partial charge in [-0.05, 0) is 25.0 Å². The van der Waals surface area contributed by atoms with E-state index in [1.807, 2.05) is 13.0 Å². The number of hydrogen-bond donors (Lipinski definition) is 2. The number of hydrogen-bond acceptors (Lipinski definition) is 7. The van der Waals surface area contributed by atoms with E-state index in [0.717, 1.165) is 18.4 Å². The minimum atomic E-state index is -0.454. The lowest BCUT2D eigenvalue weighted by molar-refractivity contribution is -0.383. The van der Waals surface area contributed by atoms with Gasteiger partial charge in [0.25, 0.3) is 0 Å². The Hall–Kier alpha value is -2.77. The van der Waals surface area contributed by atoms with Gasteiger partial charge in [0.15, 0.2) is 0 Å². The normalized spacial score (nSPS) is 10.9. The molecule has 2 N–H and O–H groups in total. The molecule has 0 unspecified atom stereocenters. The van der Waals surface area contributed by atoms with E-state index < -0.39 is 4.92 Å². The van der Waals surface area contributed by atoms with E-state index in [9.17, 15) is 10.1 Å². The van der Waals surface area contributed by atoms with Crippen LogP contribution < -0.4 is 10.6 Å². The van der Waals surface area contributed by atoms with E-state index in [-0.39, 0.29) is 17.3 Å². The van der Waals surface area contributed by atoms with E-state index in [0.29, 0.717) is 12.4 Å². The number of nitrogens with one attached hydrogen (secondary N) is 2. The first-order chi connectivity index (χ1) is 16.6. The summed E-state index contributed by atoms with van der Waals surface area (Å²) in [5, 5.41) is 17.7. The van der Waals surface area contributed by atoms with Crippen molar-refractivity contribution in [2.24, 2.45) is 0 Å². The number of anilines is 3. The molecule has 0 radical (unpaired) electrons. The summed E-state index contributed by atoms with van der Waals surface area (Å²) in [6.45, 7) is 4.85. The number of nitrogens with zero attached hydrogens (tertiary/aromatic N) is 4. The van der Waals surface area contributed by atoms with Crippen molar-refractivity contribution in [2.75, 3.05) is 17.2 Å². The van der Waals surface area contributed by atoms with Crippen LogP contribution in [0, 0.1) is 17.0 Å². The summed E-state index contributed by atoms with van der Waals surface area (Å²) < 4.78 is 0. The fourth-order valence-electron chi connectivity index (χ4n) is 3.96. The maximum atomic E-state index is 11.7. The lowest BCUT2D eigenvalue weighted by Crippen LogP contribution is -2.09. The zero-order chi connectivity index (χ0) is 24.4. The van der Waals surface area contributed by atoms with Crippen molar-refractivity contribution >= 4 is 23.1 Å². The monoisotopic (exact) mass is 470 g/mol. The number of pyridine rings is 1. The van der Waals surface area contributed by atoms with E-state index in [1.165, 1.54) is 83.4 Å². The van der Waals surface area contributed by atoms with Crippen molar-refractivity contribution in [3.05, 3.63) is 40.3 Å². The molecule has 0 aliphatic rings. The van der Waals surface area contributed by atoms with Gasteiger partial charge in [0.2, 0.25) is 11.6 Å². The maximum absolute atomic E-state index is 11.7. The molecular weight excluding hydrogens is 428 g/mol. The van der Waals surface area contributed by atoms with Gasteiger partial charge in [-0.1, -0.05) is 96.5 Å². The quantitative estimate of drug-likeness (QED) is 0.123. The lowest BCUT2D eigenvalue weighted by atomic mass is 10.0. The van der Waals surface area contributed by atoms with Crippen molar-refractivity contribution in [3.8, 4) is 0 Å². The largest absolute Gasteiger partial charge is 0.364 e. The van der Waals surface area contributed by atoms with E-state index in [4.69, 9.17) is 0 Å². The molecule has 0 atom stereocenters. The molecule has 0 amide bonds. The van der Waals surface area contributed by atoms with E-state index in [2.05, 4.69) is 32.5 Å². The Kier molecular flexibility index (Phi) is 13.6. The summed E-state index contributed by atoms with van der Waals surface area (Å²) in [7, 11) is 0. The van der Waals surface area contributed by atoms with Gasteiger partial charge in [-0.3, -0.25) is 10.1 Å². The highest BCUT2D eigenvalue weighted by molar-refractivity contribution is 5.72. The summed E-state index contributed by atoms with van der Waals surface area (Å²) in [4.78, 5) is 23.6. The van der Waals surface area contributed by atoms with Gasteiger partial charge in [0, 0.05) is 12.7 Å². The Bertz CT molecular complexity index is 829. The van der Waals surface area contributed by atoms with Crippen LogP contribution in [0.3, 0.4) is 0 Å². The molecule has 2 heterocycles. The summed E-state index contributed by atoms with van der Waals surface area (Å²) in [6.07, 6.45) is 21.3. The van der Waals surface area contributed by atoms with Crippen molar-refractivity contribution in [2.45, 2.75) is 104 Å². The molecule has 34 heavy (non-hydrogen) atoms. The van der Waals surface area contributed by atoms with Gasteiger partial charge >= 0.3 is 5.69 Å². The fourth-order valence-corrected chi connectivity index (χ4v) is 3.96. The first-order valence-electron chi connectivity index (χ1n) is 13.0. The SMILES string of the molecule is CCCCCCCCCCCCCCCCNc1ncnc(Nc2ccc(C)cn2)c1[N+](=O)[O-]. The molecule has 8 heteroatoms. The van der Waals surface area contributed by atoms with Crippen LogP contribution in [-0.2, 0) is 0 Å². The molecule has 8 nitrogen and oxygen atoms in total.